The van der Waals surface area contributed by atoms with Crippen molar-refractivity contribution in [3.63, 3.8) is 0 Å². The molecule has 1 radical (unpaired) electrons. The van der Waals surface area contributed by atoms with E-state index < -0.39 is 0 Å². The third kappa shape index (κ3) is 3.65. The Morgan fingerprint density at radius 2 is 2.38 bits per heavy atom. The van der Waals surface area contributed by atoms with Crippen molar-refractivity contribution in [2.75, 3.05) is 7.05 Å². The highest BCUT2D eigenvalue weighted by atomic mass is 16.1. The van der Waals surface area contributed by atoms with Crippen LogP contribution >= 0.6 is 0 Å². The van der Waals surface area contributed by atoms with Gasteiger partial charge in [0.2, 0.25) is 5.91 Å². The van der Waals surface area contributed by atoms with E-state index in [9.17, 15) is 4.79 Å². The van der Waals surface area contributed by atoms with Crippen LogP contribution in [0.4, 0.5) is 0 Å². The normalized spacial score (nSPS) is 8.75. The van der Waals surface area contributed by atoms with Gasteiger partial charge in [-0.2, -0.15) is 0 Å². The molecule has 0 unspecified atom stereocenters. The molecule has 0 aromatic heterocycles. The van der Waals surface area contributed by atoms with Crippen LogP contribution in [0.1, 0.15) is 19.3 Å². The van der Waals surface area contributed by atoms with Gasteiger partial charge in [0.1, 0.15) is 0 Å². The highest BCUT2D eigenvalue weighted by Crippen LogP contribution is 1.90. The van der Waals surface area contributed by atoms with Crippen molar-refractivity contribution in [1.29, 1.82) is 0 Å². The number of carbonyl (C=O) groups excluding carboxylic acids is 1. The maximum atomic E-state index is 10.4. The van der Waals surface area contributed by atoms with Gasteiger partial charge in [0.25, 0.3) is 0 Å². The molecule has 0 bridgehead atoms. The van der Waals surface area contributed by atoms with E-state index in [4.69, 9.17) is 0 Å². The molecule has 0 saturated heterocycles. The lowest BCUT2D eigenvalue weighted by Crippen LogP contribution is -2.16. The first-order valence-corrected chi connectivity index (χ1v) is 2.81. The van der Waals surface area contributed by atoms with Crippen LogP contribution < -0.4 is 5.32 Å². The maximum Gasteiger partial charge on any atom is 0.219 e. The Kier molecular flexibility index (Phi) is 4.32. The van der Waals surface area contributed by atoms with Crippen molar-refractivity contribution >= 4 is 5.91 Å². The van der Waals surface area contributed by atoms with Gasteiger partial charge in [0.05, 0.1) is 0 Å². The summed E-state index contributed by atoms with van der Waals surface area (Å²) in [6.45, 7) is 3.61. The predicted octanol–water partition coefficient (Wildman–Crippen LogP) is 0.737. The lowest BCUT2D eigenvalue weighted by Gasteiger charge is -1.94. The van der Waals surface area contributed by atoms with Crippen LogP contribution in [0.25, 0.3) is 0 Å². The molecule has 0 aliphatic carbocycles. The summed E-state index contributed by atoms with van der Waals surface area (Å²) in [7, 11) is 1.64. The average Bonchev–Trinajstić information content (AvgIpc) is 1.83. The highest BCUT2D eigenvalue weighted by molar-refractivity contribution is 5.75. The molecule has 0 aliphatic heterocycles. The lowest BCUT2D eigenvalue weighted by atomic mass is 10.2. The first-order chi connectivity index (χ1) is 3.81. The van der Waals surface area contributed by atoms with Crippen LogP contribution in [0, 0.1) is 6.92 Å². The van der Waals surface area contributed by atoms with E-state index >= 15 is 0 Å². The van der Waals surface area contributed by atoms with Gasteiger partial charge >= 0.3 is 0 Å². The summed E-state index contributed by atoms with van der Waals surface area (Å²) in [5.41, 5.74) is 0. The molecule has 0 saturated carbocycles. The van der Waals surface area contributed by atoms with Crippen molar-refractivity contribution in [2.24, 2.45) is 0 Å². The fourth-order valence-corrected chi connectivity index (χ4v) is 0.411. The minimum Gasteiger partial charge on any atom is -0.359 e. The Balaban J connectivity index is 2.99. The zero-order valence-corrected chi connectivity index (χ0v) is 5.24. The Morgan fingerprint density at radius 3 is 2.75 bits per heavy atom. The number of nitrogens with one attached hydrogen (secondary N) is 1. The summed E-state index contributed by atoms with van der Waals surface area (Å²) in [4.78, 5) is 10.4. The van der Waals surface area contributed by atoms with Crippen LogP contribution in [-0.4, -0.2) is 13.0 Å². The standard InChI is InChI=1S/C6H12NO/c1-3-4-5-6(8)7-2/h1,3-5H2,2H3,(H,7,8). The summed E-state index contributed by atoms with van der Waals surface area (Å²) >= 11 is 0. The molecule has 2 heteroatoms. The van der Waals surface area contributed by atoms with E-state index in [1.165, 1.54) is 0 Å². The first kappa shape index (κ1) is 7.47. The molecule has 0 spiro atoms. The highest BCUT2D eigenvalue weighted by Gasteiger charge is 1.92. The third-order valence-corrected chi connectivity index (χ3v) is 0.933. The van der Waals surface area contributed by atoms with Gasteiger partial charge in [0.15, 0.2) is 0 Å². The van der Waals surface area contributed by atoms with E-state index in [0.29, 0.717) is 6.42 Å². The SMILES string of the molecule is [CH2]CCCC(=O)NC. The second-order valence-electron chi connectivity index (χ2n) is 1.63. The summed E-state index contributed by atoms with van der Waals surface area (Å²) in [6, 6.07) is 0. The molecular formula is C6H12NO. The van der Waals surface area contributed by atoms with E-state index in [1.54, 1.807) is 7.05 Å². The van der Waals surface area contributed by atoms with Crippen molar-refractivity contribution in [1.82, 2.24) is 5.32 Å². The average molecular weight is 114 g/mol. The Morgan fingerprint density at radius 1 is 1.75 bits per heavy atom. The molecule has 0 atom stereocenters. The predicted molar refractivity (Wildman–Crippen MR) is 33.3 cm³/mol. The quantitative estimate of drug-likeness (QED) is 0.576. The fourth-order valence-electron chi connectivity index (χ4n) is 0.411. The van der Waals surface area contributed by atoms with Gasteiger partial charge in [-0.25, -0.2) is 0 Å². The lowest BCUT2D eigenvalue weighted by molar-refractivity contribution is -0.120. The number of rotatable bonds is 3. The molecule has 0 heterocycles. The molecule has 0 fully saturated rings. The van der Waals surface area contributed by atoms with Crippen LogP contribution in [0.3, 0.4) is 0 Å². The number of unbranched alkanes of at least 4 members (excludes halogenated alkanes) is 1. The molecule has 1 amide bonds. The number of carbonyl (C=O) groups is 1. The Bertz CT molecular complexity index is 70.9. The first-order valence-electron chi connectivity index (χ1n) is 2.81. The smallest absolute Gasteiger partial charge is 0.219 e. The van der Waals surface area contributed by atoms with E-state index in [2.05, 4.69) is 12.2 Å². The largest absolute Gasteiger partial charge is 0.359 e. The van der Waals surface area contributed by atoms with E-state index in [0.717, 1.165) is 12.8 Å². The molecule has 0 rings (SSSR count). The van der Waals surface area contributed by atoms with Gasteiger partial charge < -0.3 is 5.32 Å². The second-order valence-corrected chi connectivity index (χ2v) is 1.63. The Labute approximate surface area is 50.3 Å². The van der Waals surface area contributed by atoms with Crippen molar-refractivity contribution in [2.45, 2.75) is 19.3 Å². The van der Waals surface area contributed by atoms with Gasteiger partial charge in [-0.1, -0.05) is 13.3 Å². The summed E-state index contributed by atoms with van der Waals surface area (Å²) in [5.74, 6) is 0.105. The topological polar surface area (TPSA) is 29.1 Å². The molecule has 0 aliphatic rings. The molecule has 1 N–H and O–H groups in total. The van der Waals surface area contributed by atoms with Gasteiger partial charge in [0, 0.05) is 13.5 Å². The molecule has 8 heavy (non-hydrogen) atoms. The zero-order valence-electron chi connectivity index (χ0n) is 5.24. The summed E-state index contributed by atoms with van der Waals surface area (Å²) < 4.78 is 0. The maximum absolute atomic E-state index is 10.4. The Hall–Kier alpha value is -0.530. The van der Waals surface area contributed by atoms with E-state index in [-0.39, 0.29) is 5.91 Å². The van der Waals surface area contributed by atoms with E-state index in [1.807, 2.05) is 0 Å². The van der Waals surface area contributed by atoms with Gasteiger partial charge in [-0.15, -0.1) is 0 Å². The molecule has 0 aromatic rings. The van der Waals surface area contributed by atoms with Gasteiger partial charge in [-0.05, 0) is 6.42 Å². The van der Waals surface area contributed by atoms with Crippen molar-refractivity contribution in [3.05, 3.63) is 6.92 Å². The summed E-state index contributed by atoms with van der Waals surface area (Å²) in [5, 5.41) is 2.53. The van der Waals surface area contributed by atoms with Crippen molar-refractivity contribution in [3.8, 4) is 0 Å². The molecular weight excluding hydrogens is 102 g/mol. The third-order valence-electron chi connectivity index (χ3n) is 0.933. The van der Waals surface area contributed by atoms with Crippen LogP contribution in [0.5, 0.6) is 0 Å². The molecule has 2 nitrogen and oxygen atoms in total. The number of hydrogen-bond donors (Lipinski definition) is 1. The van der Waals surface area contributed by atoms with Crippen molar-refractivity contribution < 1.29 is 4.79 Å². The monoisotopic (exact) mass is 114 g/mol. The van der Waals surface area contributed by atoms with Crippen LogP contribution in [0.2, 0.25) is 0 Å². The van der Waals surface area contributed by atoms with Crippen LogP contribution in [-0.2, 0) is 4.79 Å². The fraction of sp³-hybridized carbons (Fsp3) is 0.667. The molecule has 47 valence electrons. The van der Waals surface area contributed by atoms with Crippen LogP contribution in [0.15, 0.2) is 0 Å². The minimum absolute atomic E-state index is 0.105. The number of amides is 1. The minimum atomic E-state index is 0.105. The molecule has 0 aromatic carbocycles. The number of hydrogen-bond acceptors (Lipinski definition) is 1. The summed E-state index contributed by atoms with van der Waals surface area (Å²) in [6.07, 6.45) is 2.34. The van der Waals surface area contributed by atoms with Gasteiger partial charge in [-0.3, -0.25) is 4.79 Å². The second kappa shape index (κ2) is 4.62. The zero-order chi connectivity index (χ0) is 6.41.